The third kappa shape index (κ3) is 3.06. The number of rotatable bonds is 5. The molecule has 0 saturated carbocycles. The molecule has 4 rings (SSSR count). The number of benzene rings is 1. The van der Waals surface area contributed by atoms with Crippen molar-refractivity contribution in [2.75, 3.05) is 20.4 Å². The highest BCUT2D eigenvalue weighted by Crippen LogP contribution is 2.36. The maximum atomic E-state index is 12.7. The summed E-state index contributed by atoms with van der Waals surface area (Å²) in [6, 6.07) is 3.33. The number of methoxy groups -OCH3 is 1. The maximum absolute atomic E-state index is 12.7. The molecule has 0 aliphatic carbocycles. The number of nitrogens with one attached hydrogen (secondary N) is 1. The molecule has 0 spiro atoms. The SMILES string of the molecule is COC1CCCN[C@@H]1CC(=O)Cn1cnc2c3c(ccc2c1=O)OCO3. The molecule has 2 aliphatic heterocycles. The van der Waals surface area contributed by atoms with Crippen molar-refractivity contribution < 1.29 is 19.0 Å². The van der Waals surface area contributed by atoms with E-state index in [1.807, 2.05) is 0 Å². The third-order valence-corrected chi connectivity index (χ3v) is 4.95. The molecular formula is C18H21N3O5. The molecule has 3 heterocycles. The van der Waals surface area contributed by atoms with Crippen LogP contribution in [0.15, 0.2) is 23.3 Å². The van der Waals surface area contributed by atoms with Crippen LogP contribution in [-0.2, 0) is 16.1 Å². The van der Waals surface area contributed by atoms with Gasteiger partial charge >= 0.3 is 0 Å². The summed E-state index contributed by atoms with van der Waals surface area (Å²) in [7, 11) is 1.66. The Balaban J connectivity index is 1.54. The molecule has 0 amide bonds. The van der Waals surface area contributed by atoms with Gasteiger partial charge < -0.3 is 19.5 Å². The number of ketones is 1. The average Bonchev–Trinajstić information content (AvgIpc) is 3.13. The van der Waals surface area contributed by atoms with Crippen molar-refractivity contribution in [2.45, 2.75) is 38.0 Å². The summed E-state index contributed by atoms with van der Waals surface area (Å²) in [5.74, 6) is 1.02. The highest BCUT2D eigenvalue weighted by Gasteiger charge is 2.27. The Morgan fingerprint density at radius 3 is 3.15 bits per heavy atom. The minimum Gasteiger partial charge on any atom is -0.454 e. The smallest absolute Gasteiger partial charge is 0.261 e. The van der Waals surface area contributed by atoms with E-state index >= 15 is 0 Å². The molecule has 1 aromatic carbocycles. The lowest BCUT2D eigenvalue weighted by molar-refractivity contribution is -0.121. The first-order valence-corrected chi connectivity index (χ1v) is 8.73. The van der Waals surface area contributed by atoms with Gasteiger partial charge in [0, 0.05) is 19.6 Å². The van der Waals surface area contributed by atoms with Gasteiger partial charge in [-0.05, 0) is 31.5 Å². The average molecular weight is 359 g/mol. The Morgan fingerprint density at radius 2 is 2.31 bits per heavy atom. The van der Waals surface area contributed by atoms with Gasteiger partial charge in [0.05, 0.1) is 24.4 Å². The molecule has 1 aromatic heterocycles. The van der Waals surface area contributed by atoms with E-state index in [1.165, 1.54) is 10.9 Å². The molecule has 1 saturated heterocycles. The van der Waals surface area contributed by atoms with Crippen molar-refractivity contribution in [3.8, 4) is 11.5 Å². The van der Waals surface area contributed by atoms with Crippen LogP contribution in [0, 0.1) is 0 Å². The van der Waals surface area contributed by atoms with Crippen LogP contribution in [0.3, 0.4) is 0 Å². The second kappa shape index (κ2) is 7.05. The zero-order valence-electron chi connectivity index (χ0n) is 14.6. The molecule has 2 aliphatic rings. The van der Waals surface area contributed by atoms with Gasteiger partial charge in [-0.1, -0.05) is 0 Å². The Hall–Kier alpha value is -2.45. The Labute approximate surface area is 150 Å². The van der Waals surface area contributed by atoms with Crippen LogP contribution in [0.2, 0.25) is 0 Å². The number of hydrogen-bond donors (Lipinski definition) is 1. The highest BCUT2D eigenvalue weighted by atomic mass is 16.7. The Morgan fingerprint density at radius 1 is 1.42 bits per heavy atom. The van der Waals surface area contributed by atoms with E-state index in [0.29, 0.717) is 28.8 Å². The molecule has 138 valence electrons. The van der Waals surface area contributed by atoms with Crippen LogP contribution in [0.25, 0.3) is 10.9 Å². The molecule has 1 unspecified atom stereocenters. The van der Waals surface area contributed by atoms with E-state index in [2.05, 4.69) is 10.3 Å². The van der Waals surface area contributed by atoms with Crippen molar-refractivity contribution in [2.24, 2.45) is 0 Å². The monoisotopic (exact) mass is 359 g/mol. The van der Waals surface area contributed by atoms with Gasteiger partial charge in [0.25, 0.3) is 5.56 Å². The van der Waals surface area contributed by atoms with Crippen LogP contribution < -0.4 is 20.3 Å². The van der Waals surface area contributed by atoms with Gasteiger partial charge in [-0.2, -0.15) is 0 Å². The molecule has 1 fully saturated rings. The van der Waals surface area contributed by atoms with Gasteiger partial charge in [0.15, 0.2) is 17.3 Å². The molecule has 26 heavy (non-hydrogen) atoms. The largest absolute Gasteiger partial charge is 0.454 e. The predicted molar refractivity (Wildman–Crippen MR) is 93.6 cm³/mol. The fraction of sp³-hybridized carbons (Fsp3) is 0.500. The van der Waals surface area contributed by atoms with Crippen LogP contribution in [0.5, 0.6) is 11.5 Å². The first kappa shape index (κ1) is 17.0. The number of carbonyl (C=O) groups is 1. The van der Waals surface area contributed by atoms with E-state index in [1.54, 1.807) is 19.2 Å². The lowest BCUT2D eigenvalue weighted by Crippen LogP contribution is -2.47. The van der Waals surface area contributed by atoms with Gasteiger partial charge in [0.2, 0.25) is 6.79 Å². The quantitative estimate of drug-likeness (QED) is 0.846. The molecule has 8 heteroatoms. The van der Waals surface area contributed by atoms with Gasteiger partial charge in [-0.3, -0.25) is 14.2 Å². The third-order valence-electron chi connectivity index (χ3n) is 4.95. The topological polar surface area (TPSA) is 91.7 Å². The van der Waals surface area contributed by atoms with Crippen LogP contribution in [-0.4, -0.2) is 47.9 Å². The number of Topliss-reactive ketones (excluding diaryl/α,β-unsaturated/α-hetero) is 1. The molecule has 0 bridgehead atoms. The first-order chi connectivity index (χ1) is 12.7. The van der Waals surface area contributed by atoms with Crippen molar-refractivity contribution >= 4 is 16.7 Å². The van der Waals surface area contributed by atoms with E-state index in [4.69, 9.17) is 14.2 Å². The standard InChI is InChI=1S/C18H21N3O5/c1-24-14-3-2-6-19-13(14)7-11(22)8-21-9-20-16-12(18(21)23)4-5-15-17(16)26-10-25-15/h4-5,9,13-14,19H,2-3,6-8,10H2,1H3/t13-,14?/m1/s1. The number of piperidine rings is 1. The highest BCUT2D eigenvalue weighted by molar-refractivity contribution is 5.87. The number of aromatic nitrogens is 2. The van der Waals surface area contributed by atoms with Crippen LogP contribution in [0.4, 0.5) is 0 Å². The summed E-state index contributed by atoms with van der Waals surface area (Å²) < 4.78 is 17.5. The molecule has 2 atom stereocenters. The predicted octanol–water partition coefficient (Wildman–Crippen LogP) is 0.851. The van der Waals surface area contributed by atoms with Crippen molar-refractivity contribution in [1.82, 2.24) is 14.9 Å². The maximum Gasteiger partial charge on any atom is 0.261 e. The molecule has 8 nitrogen and oxygen atoms in total. The van der Waals surface area contributed by atoms with Crippen LogP contribution in [0.1, 0.15) is 19.3 Å². The summed E-state index contributed by atoms with van der Waals surface area (Å²) in [5, 5.41) is 3.74. The second-order valence-corrected chi connectivity index (χ2v) is 6.59. The molecule has 0 radical (unpaired) electrons. The summed E-state index contributed by atoms with van der Waals surface area (Å²) in [6.07, 6.45) is 3.72. The van der Waals surface area contributed by atoms with E-state index < -0.39 is 0 Å². The van der Waals surface area contributed by atoms with Crippen molar-refractivity contribution in [3.63, 3.8) is 0 Å². The number of carbonyl (C=O) groups excluding carboxylic acids is 1. The van der Waals surface area contributed by atoms with E-state index in [0.717, 1.165) is 19.4 Å². The zero-order chi connectivity index (χ0) is 18.1. The zero-order valence-corrected chi connectivity index (χ0v) is 14.6. The van der Waals surface area contributed by atoms with Crippen LogP contribution >= 0.6 is 0 Å². The lowest BCUT2D eigenvalue weighted by Gasteiger charge is -2.31. The normalized spacial score (nSPS) is 21.9. The first-order valence-electron chi connectivity index (χ1n) is 8.73. The molecule has 1 N–H and O–H groups in total. The number of ether oxygens (including phenoxy) is 3. The van der Waals surface area contributed by atoms with E-state index in [9.17, 15) is 9.59 Å². The fourth-order valence-electron chi connectivity index (χ4n) is 3.61. The lowest BCUT2D eigenvalue weighted by atomic mass is 9.96. The molecule has 2 aromatic rings. The number of nitrogens with zero attached hydrogens (tertiary/aromatic N) is 2. The van der Waals surface area contributed by atoms with Gasteiger partial charge in [0.1, 0.15) is 5.52 Å². The minimum absolute atomic E-state index is 0.00910. The van der Waals surface area contributed by atoms with Crippen molar-refractivity contribution in [3.05, 3.63) is 28.8 Å². The summed E-state index contributed by atoms with van der Waals surface area (Å²) in [4.78, 5) is 29.5. The Kier molecular flexibility index (Phi) is 4.60. The molecular weight excluding hydrogens is 338 g/mol. The minimum atomic E-state index is -0.262. The summed E-state index contributed by atoms with van der Waals surface area (Å²) in [5.41, 5.74) is 0.198. The van der Waals surface area contributed by atoms with Gasteiger partial charge in [-0.25, -0.2) is 4.98 Å². The number of fused-ring (bicyclic) bond motifs is 3. The fourth-order valence-corrected chi connectivity index (χ4v) is 3.61. The van der Waals surface area contributed by atoms with E-state index in [-0.39, 0.29) is 36.8 Å². The summed E-state index contributed by atoms with van der Waals surface area (Å²) >= 11 is 0. The summed E-state index contributed by atoms with van der Waals surface area (Å²) in [6.45, 7) is 0.986. The van der Waals surface area contributed by atoms with Gasteiger partial charge in [-0.15, -0.1) is 0 Å². The van der Waals surface area contributed by atoms with Crippen molar-refractivity contribution in [1.29, 1.82) is 0 Å². The Bertz CT molecular complexity index is 894. The second-order valence-electron chi connectivity index (χ2n) is 6.59. The number of hydrogen-bond acceptors (Lipinski definition) is 7.